The van der Waals surface area contributed by atoms with Gasteiger partial charge in [-0.15, -0.1) is 0 Å². The molecule has 0 saturated carbocycles. The average molecular weight is 336 g/mol. The quantitative estimate of drug-likeness (QED) is 0.552. The van der Waals surface area contributed by atoms with Crippen LogP contribution in [0.5, 0.6) is 17.2 Å². The van der Waals surface area contributed by atoms with Crippen molar-refractivity contribution in [3.8, 4) is 28.4 Å². The number of fused-ring (bicyclic) bond motifs is 1. The van der Waals surface area contributed by atoms with Gasteiger partial charge in [0.1, 0.15) is 17.2 Å². The Morgan fingerprint density at radius 1 is 0.560 bits per heavy atom. The fourth-order valence-corrected chi connectivity index (χ4v) is 3.70. The topological polar surface area (TPSA) is 60.7 Å². The summed E-state index contributed by atoms with van der Waals surface area (Å²) in [6, 6.07) is 5.87. The second kappa shape index (κ2) is 5.69. The van der Waals surface area contributed by atoms with Gasteiger partial charge in [-0.3, -0.25) is 0 Å². The molecule has 0 radical (unpaired) electrons. The predicted octanol–water partition coefficient (Wildman–Crippen LogP) is 5.47. The smallest absolute Gasteiger partial charge is 0.127 e. The zero-order chi connectivity index (χ0) is 18.6. The summed E-state index contributed by atoms with van der Waals surface area (Å²) in [6.07, 6.45) is 0. The Hall–Kier alpha value is -2.68. The Labute approximate surface area is 148 Å². The molecule has 0 amide bonds. The Balaban J connectivity index is 2.56. The van der Waals surface area contributed by atoms with E-state index in [1.165, 1.54) is 0 Å². The molecule has 0 atom stereocenters. The van der Waals surface area contributed by atoms with Crippen molar-refractivity contribution in [2.75, 3.05) is 0 Å². The summed E-state index contributed by atoms with van der Waals surface area (Å²) in [7, 11) is 0. The van der Waals surface area contributed by atoms with Crippen LogP contribution in [0.3, 0.4) is 0 Å². The summed E-state index contributed by atoms with van der Waals surface area (Å²) in [5.74, 6) is 0.748. The molecular formula is C22H24O3. The van der Waals surface area contributed by atoms with E-state index in [2.05, 4.69) is 0 Å². The standard InChI is InChI=1S/C22H24O3/c1-10-7-16(8-11(2)20(10)23)18-13(4)14(5)22(25)19-15(6)21(24)12(3)9-17(18)19/h7-9,23-25H,1-6H3. The lowest BCUT2D eigenvalue weighted by Crippen LogP contribution is -1.96. The summed E-state index contributed by atoms with van der Waals surface area (Å²) < 4.78 is 0. The first kappa shape index (κ1) is 17.2. The molecule has 3 nitrogen and oxygen atoms in total. The molecule has 0 aliphatic rings. The van der Waals surface area contributed by atoms with Gasteiger partial charge in [-0.2, -0.15) is 0 Å². The van der Waals surface area contributed by atoms with Gasteiger partial charge in [-0.1, -0.05) is 0 Å². The lowest BCUT2D eigenvalue weighted by Gasteiger charge is -2.20. The first-order valence-corrected chi connectivity index (χ1v) is 8.40. The molecule has 130 valence electrons. The van der Waals surface area contributed by atoms with E-state index >= 15 is 0 Å². The van der Waals surface area contributed by atoms with Crippen LogP contribution in [-0.2, 0) is 0 Å². The molecule has 0 aromatic heterocycles. The summed E-state index contributed by atoms with van der Waals surface area (Å²) in [6.45, 7) is 11.4. The highest BCUT2D eigenvalue weighted by Gasteiger charge is 2.20. The van der Waals surface area contributed by atoms with E-state index in [9.17, 15) is 15.3 Å². The van der Waals surface area contributed by atoms with Crippen molar-refractivity contribution in [3.05, 3.63) is 51.6 Å². The third-order valence-electron chi connectivity index (χ3n) is 5.31. The van der Waals surface area contributed by atoms with E-state index in [4.69, 9.17) is 0 Å². The van der Waals surface area contributed by atoms with Crippen LogP contribution in [0.15, 0.2) is 18.2 Å². The highest BCUT2D eigenvalue weighted by Crippen LogP contribution is 2.45. The maximum absolute atomic E-state index is 10.7. The zero-order valence-electron chi connectivity index (χ0n) is 15.6. The fraction of sp³-hybridized carbons (Fsp3) is 0.273. The number of phenols is 3. The van der Waals surface area contributed by atoms with Crippen molar-refractivity contribution >= 4 is 10.8 Å². The van der Waals surface area contributed by atoms with E-state index in [0.717, 1.165) is 44.3 Å². The van der Waals surface area contributed by atoms with Crippen LogP contribution < -0.4 is 0 Å². The minimum atomic E-state index is 0.218. The highest BCUT2D eigenvalue weighted by atomic mass is 16.3. The van der Waals surface area contributed by atoms with Gasteiger partial charge in [-0.25, -0.2) is 0 Å². The van der Waals surface area contributed by atoms with Gasteiger partial charge < -0.3 is 15.3 Å². The highest BCUT2D eigenvalue weighted by molar-refractivity contribution is 6.05. The van der Waals surface area contributed by atoms with Crippen molar-refractivity contribution in [2.45, 2.75) is 41.5 Å². The molecule has 0 bridgehead atoms. The van der Waals surface area contributed by atoms with Gasteiger partial charge in [-0.05, 0) is 104 Å². The Kier molecular flexibility index (Phi) is 3.91. The molecule has 0 heterocycles. The SMILES string of the molecule is Cc1cc(-c2c(C)c(C)c(O)c3c(C)c(O)c(C)cc23)cc(C)c1O. The molecule has 0 saturated heterocycles. The fourth-order valence-electron chi connectivity index (χ4n) is 3.70. The number of hydrogen-bond donors (Lipinski definition) is 3. The molecule has 3 aromatic carbocycles. The van der Waals surface area contributed by atoms with Crippen molar-refractivity contribution in [2.24, 2.45) is 0 Å². The van der Waals surface area contributed by atoms with Crippen molar-refractivity contribution in [1.29, 1.82) is 0 Å². The van der Waals surface area contributed by atoms with Crippen LogP contribution in [0.4, 0.5) is 0 Å². The Bertz CT molecular complexity index is 999. The second-order valence-corrected chi connectivity index (χ2v) is 7.02. The molecule has 0 spiro atoms. The molecule has 3 N–H and O–H groups in total. The lowest BCUT2D eigenvalue weighted by molar-refractivity contribution is 0.463. The van der Waals surface area contributed by atoms with Crippen LogP contribution >= 0.6 is 0 Å². The molecule has 3 aromatic rings. The monoisotopic (exact) mass is 336 g/mol. The molecule has 3 heteroatoms. The molecule has 0 fully saturated rings. The van der Waals surface area contributed by atoms with Gasteiger partial charge in [0, 0.05) is 10.9 Å². The first-order chi connectivity index (χ1) is 11.6. The molecule has 0 aliphatic heterocycles. The molecule has 0 unspecified atom stereocenters. The van der Waals surface area contributed by atoms with E-state index in [-0.39, 0.29) is 11.5 Å². The normalized spacial score (nSPS) is 11.3. The minimum Gasteiger partial charge on any atom is -0.507 e. The first-order valence-electron chi connectivity index (χ1n) is 8.40. The van der Waals surface area contributed by atoms with E-state index < -0.39 is 0 Å². The van der Waals surface area contributed by atoms with Gasteiger partial charge in [0.2, 0.25) is 0 Å². The number of aromatic hydroxyl groups is 3. The second-order valence-electron chi connectivity index (χ2n) is 7.02. The van der Waals surface area contributed by atoms with Crippen LogP contribution in [-0.4, -0.2) is 15.3 Å². The van der Waals surface area contributed by atoms with Crippen LogP contribution in [0.2, 0.25) is 0 Å². The Morgan fingerprint density at radius 3 is 1.64 bits per heavy atom. The van der Waals surface area contributed by atoms with Crippen molar-refractivity contribution in [1.82, 2.24) is 0 Å². The van der Waals surface area contributed by atoms with Gasteiger partial charge in [0.15, 0.2) is 0 Å². The number of phenolic OH excluding ortho intramolecular Hbond substituents is 3. The minimum absolute atomic E-state index is 0.218. The molecule has 0 aliphatic carbocycles. The largest absolute Gasteiger partial charge is 0.507 e. The predicted molar refractivity (Wildman–Crippen MR) is 103 cm³/mol. The third kappa shape index (κ3) is 2.42. The lowest BCUT2D eigenvalue weighted by atomic mass is 9.86. The third-order valence-corrected chi connectivity index (χ3v) is 5.31. The number of hydrogen-bond acceptors (Lipinski definition) is 3. The number of rotatable bonds is 1. The van der Waals surface area contributed by atoms with Crippen LogP contribution in [0.1, 0.15) is 33.4 Å². The zero-order valence-corrected chi connectivity index (χ0v) is 15.6. The van der Waals surface area contributed by atoms with E-state index in [1.54, 1.807) is 0 Å². The molecule has 25 heavy (non-hydrogen) atoms. The molecular weight excluding hydrogens is 312 g/mol. The van der Waals surface area contributed by atoms with Gasteiger partial charge in [0.05, 0.1) is 0 Å². The summed E-state index contributed by atoms with van der Waals surface area (Å²) in [5, 5.41) is 32.7. The summed E-state index contributed by atoms with van der Waals surface area (Å²) >= 11 is 0. The maximum Gasteiger partial charge on any atom is 0.127 e. The molecule has 3 rings (SSSR count). The van der Waals surface area contributed by atoms with Crippen molar-refractivity contribution in [3.63, 3.8) is 0 Å². The van der Waals surface area contributed by atoms with Gasteiger partial charge >= 0.3 is 0 Å². The summed E-state index contributed by atoms with van der Waals surface area (Å²) in [4.78, 5) is 0. The Morgan fingerprint density at radius 2 is 1.08 bits per heavy atom. The van der Waals surface area contributed by atoms with E-state index in [1.807, 2.05) is 59.7 Å². The average Bonchev–Trinajstić information content (AvgIpc) is 2.55. The van der Waals surface area contributed by atoms with Gasteiger partial charge in [0.25, 0.3) is 0 Å². The van der Waals surface area contributed by atoms with Crippen molar-refractivity contribution < 1.29 is 15.3 Å². The maximum atomic E-state index is 10.7. The summed E-state index contributed by atoms with van der Waals surface area (Å²) in [5.41, 5.74) is 6.94. The number of benzene rings is 3. The number of aryl methyl sites for hydroxylation is 4. The van der Waals surface area contributed by atoms with Crippen LogP contribution in [0, 0.1) is 41.5 Å². The van der Waals surface area contributed by atoms with Crippen LogP contribution in [0.25, 0.3) is 21.9 Å². The van der Waals surface area contributed by atoms with E-state index in [0.29, 0.717) is 16.7 Å².